The molecule has 4 aromatic rings. The van der Waals surface area contributed by atoms with Crippen molar-refractivity contribution in [1.82, 2.24) is 15.1 Å². The molecule has 3 aromatic carbocycles. The van der Waals surface area contributed by atoms with E-state index in [0.717, 1.165) is 28.3 Å². The van der Waals surface area contributed by atoms with Gasteiger partial charge in [-0.15, -0.1) is 11.6 Å². The summed E-state index contributed by atoms with van der Waals surface area (Å²) in [6.07, 6.45) is 6.62. The van der Waals surface area contributed by atoms with Crippen molar-refractivity contribution >= 4 is 35.6 Å². The van der Waals surface area contributed by atoms with Gasteiger partial charge in [0.1, 0.15) is 0 Å². The first-order valence-electron chi connectivity index (χ1n) is 15.2. The van der Waals surface area contributed by atoms with Crippen LogP contribution in [-0.2, 0) is 11.3 Å². The largest absolute Gasteiger partial charge is 0.483 e. The average Bonchev–Trinajstić information content (AvgIpc) is 3.49. The lowest BCUT2D eigenvalue weighted by molar-refractivity contribution is -0.122. The number of aryl methyl sites for hydroxylation is 1. The second-order valence-corrected chi connectivity index (χ2v) is 12.0. The van der Waals surface area contributed by atoms with Crippen LogP contribution in [0.25, 0.3) is 22.4 Å². The van der Waals surface area contributed by atoms with E-state index < -0.39 is 0 Å². The van der Waals surface area contributed by atoms with Crippen LogP contribution in [0.1, 0.15) is 69.4 Å². The highest BCUT2D eigenvalue weighted by molar-refractivity contribution is 6.30. The fourth-order valence-corrected chi connectivity index (χ4v) is 4.32. The van der Waals surface area contributed by atoms with Crippen molar-refractivity contribution in [2.45, 2.75) is 66.8 Å². The first kappa shape index (κ1) is 39.9. The summed E-state index contributed by atoms with van der Waals surface area (Å²) in [7, 11) is 0. The SMILES string of the molecule is C/C(Cl)=C\C(C)Cl.CC=C(C)C.CCCNC(=O)c1ccc(Cn2nccc2-c2ccc(-c3ccc(C)cc3)cc2)cc1.O=CO. The molecule has 0 saturated heterocycles. The van der Waals surface area contributed by atoms with Crippen LogP contribution in [-0.4, -0.2) is 39.2 Å². The van der Waals surface area contributed by atoms with Crippen molar-refractivity contribution < 1.29 is 14.7 Å². The Morgan fingerprint density at radius 3 is 1.87 bits per heavy atom. The van der Waals surface area contributed by atoms with E-state index in [0.29, 0.717) is 18.7 Å². The van der Waals surface area contributed by atoms with Gasteiger partial charge in [0.25, 0.3) is 12.4 Å². The molecule has 246 valence electrons. The standard InChI is InChI=1S/C27H27N3O.C5H8Cl2.C5H10.CH2O2/c1-3-17-28-27(31)25-10-6-21(7-11-25)19-30-26(16-18-29-30)24-14-12-23(13-15-24)22-8-4-20(2)5-9-22;1-4(6)3-5(2)7;1-4-5(2)3;2-1-3/h4-16,18H,3,17,19H2,1-2H3,(H,28,31);3-4H,1-2H3;4H,1-3H3;1H,(H,2,3)/b;5-3+;;. The van der Waals surface area contributed by atoms with E-state index in [2.05, 4.69) is 85.8 Å². The Bertz CT molecular complexity index is 1500. The molecule has 2 N–H and O–H groups in total. The highest BCUT2D eigenvalue weighted by Crippen LogP contribution is 2.25. The number of halogens is 2. The summed E-state index contributed by atoms with van der Waals surface area (Å²) in [6, 6.07) is 26.9. The van der Waals surface area contributed by atoms with Gasteiger partial charge in [0.15, 0.2) is 0 Å². The number of nitrogens with one attached hydrogen (secondary N) is 1. The molecule has 0 saturated carbocycles. The second kappa shape index (κ2) is 22.4. The number of alkyl halides is 1. The molecule has 8 heteroatoms. The predicted molar refractivity (Wildman–Crippen MR) is 195 cm³/mol. The van der Waals surface area contributed by atoms with Crippen molar-refractivity contribution in [3.05, 3.63) is 125 Å². The van der Waals surface area contributed by atoms with Gasteiger partial charge in [0.05, 0.1) is 17.6 Å². The molecule has 46 heavy (non-hydrogen) atoms. The van der Waals surface area contributed by atoms with Crippen molar-refractivity contribution in [1.29, 1.82) is 0 Å². The van der Waals surface area contributed by atoms with Gasteiger partial charge in [-0.2, -0.15) is 5.10 Å². The van der Waals surface area contributed by atoms with E-state index in [1.165, 1.54) is 22.3 Å². The molecule has 0 aliphatic rings. The van der Waals surface area contributed by atoms with Gasteiger partial charge in [0.2, 0.25) is 0 Å². The Morgan fingerprint density at radius 1 is 0.935 bits per heavy atom. The summed E-state index contributed by atoms with van der Waals surface area (Å²) < 4.78 is 1.99. The molecule has 0 radical (unpaired) electrons. The summed E-state index contributed by atoms with van der Waals surface area (Å²) in [4.78, 5) is 20.5. The maximum Gasteiger partial charge on any atom is 0.290 e. The van der Waals surface area contributed by atoms with Gasteiger partial charge in [-0.1, -0.05) is 102 Å². The van der Waals surface area contributed by atoms with Gasteiger partial charge in [-0.25, -0.2) is 0 Å². The minimum atomic E-state index is -0.250. The average molecular weight is 665 g/mol. The molecule has 1 aromatic heterocycles. The number of amides is 1. The van der Waals surface area contributed by atoms with Crippen LogP contribution in [0.3, 0.4) is 0 Å². The molecule has 0 bridgehead atoms. The lowest BCUT2D eigenvalue weighted by Crippen LogP contribution is -2.23. The molecule has 0 aliphatic carbocycles. The number of carboxylic acid groups (broad SMARTS) is 1. The number of allylic oxidation sites excluding steroid dienone is 4. The second-order valence-electron chi connectivity index (χ2n) is 10.7. The number of hydrogen-bond acceptors (Lipinski definition) is 3. The highest BCUT2D eigenvalue weighted by atomic mass is 35.5. The number of carbonyl (C=O) groups is 2. The zero-order valence-corrected chi connectivity index (χ0v) is 29.4. The van der Waals surface area contributed by atoms with Crippen LogP contribution in [0.15, 0.2) is 108 Å². The molecular weight excluding hydrogens is 617 g/mol. The summed E-state index contributed by atoms with van der Waals surface area (Å²) in [6.45, 7) is 15.1. The van der Waals surface area contributed by atoms with E-state index in [9.17, 15) is 4.79 Å². The summed E-state index contributed by atoms with van der Waals surface area (Å²) in [5.41, 5.74) is 9.05. The summed E-state index contributed by atoms with van der Waals surface area (Å²) >= 11 is 11.0. The Morgan fingerprint density at radius 2 is 1.43 bits per heavy atom. The molecule has 1 heterocycles. The predicted octanol–water partition coefficient (Wildman–Crippen LogP) is 10.1. The Kier molecular flexibility index (Phi) is 19.4. The van der Waals surface area contributed by atoms with Crippen molar-refractivity contribution in [3.63, 3.8) is 0 Å². The number of aromatic nitrogens is 2. The van der Waals surface area contributed by atoms with E-state index in [-0.39, 0.29) is 17.8 Å². The van der Waals surface area contributed by atoms with Crippen LogP contribution < -0.4 is 5.32 Å². The van der Waals surface area contributed by atoms with Gasteiger partial charge >= 0.3 is 0 Å². The summed E-state index contributed by atoms with van der Waals surface area (Å²) in [5.74, 6) is -0.0261. The maximum absolute atomic E-state index is 12.1. The summed E-state index contributed by atoms with van der Waals surface area (Å²) in [5, 5.41) is 15.1. The molecule has 6 nitrogen and oxygen atoms in total. The number of rotatable bonds is 8. The van der Waals surface area contributed by atoms with Crippen LogP contribution in [0.5, 0.6) is 0 Å². The first-order valence-corrected chi connectivity index (χ1v) is 16.0. The van der Waals surface area contributed by atoms with Crippen LogP contribution in [0.4, 0.5) is 0 Å². The zero-order valence-electron chi connectivity index (χ0n) is 27.9. The quantitative estimate of drug-likeness (QED) is 0.112. The third kappa shape index (κ3) is 15.7. The number of nitrogens with zero attached hydrogens (tertiary/aromatic N) is 2. The fraction of sp³-hybridized carbons (Fsp3) is 0.289. The van der Waals surface area contributed by atoms with E-state index in [1.807, 2.05) is 62.0 Å². The van der Waals surface area contributed by atoms with Gasteiger partial charge in [-0.3, -0.25) is 14.3 Å². The van der Waals surface area contributed by atoms with Crippen molar-refractivity contribution in [3.8, 4) is 22.4 Å². The molecule has 4 rings (SSSR count). The minimum absolute atomic E-state index is 0.0261. The van der Waals surface area contributed by atoms with Gasteiger partial charge in [-0.05, 0) is 88.4 Å². The molecule has 0 spiro atoms. The smallest absolute Gasteiger partial charge is 0.290 e. The molecule has 1 unspecified atom stereocenters. The normalized spacial score (nSPS) is 10.8. The number of hydrogen-bond donors (Lipinski definition) is 2. The van der Waals surface area contributed by atoms with Crippen LogP contribution in [0.2, 0.25) is 0 Å². The Balaban J connectivity index is 0.000000590. The molecule has 0 aliphatic heterocycles. The van der Waals surface area contributed by atoms with Crippen LogP contribution in [0, 0.1) is 6.92 Å². The van der Waals surface area contributed by atoms with Crippen molar-refractivity contribution in [2.75, 3.05) is 6.54 Å². The molecule has 1 atom stereocenters. The Hall–Kier alpha value is -4.13. The zero-order chi connectivity index (χ0) is 34.5. The molecule has 0 fully saturated rings. The van der Waals surface area contributed by atoms with E-state index in [1.54, 1.807) is 13.0 Å². The molecular formula is C38H47Cl2N3O3. The van der Waals surface area contributed by atoms with Crippen LogP contribution >= 0.6 is 23.2 Å². The van der Waals surface area contributed by atoms with Gasteiger partial charge in [0, 0.05) is 23.3 Å². The van der Waals surface area contributed by atoms with Crippen molar-refractivity contribution in [2.24, 2.45) is 0 Å². The van der Waals surface area contributed by atoms with E-state index in [4.69, 9.17) is 33.1 Å². The van der Waals surface area contributed by atoms with E-state index >= 15 is 0 Å². The third-order valence-electron chi connectivity index (χ3n) is 6.40. The Labute approximate surface area is 284 Å². The first-order chi connectivity index (χ1) is 21.9. The van der Waals surface area contributed by atoms with Gasteiger partial charge < -0.3 is 10.4 Å². The topological polar surface area (TPSA) is 84.2 Å². The highest BCUT2D eigenvalue weighted by Gasteiger charge is 2.09. The minimum Gasteiger partial charge on any atom is -0.483 e. The third-order valence-corrected chi connectivity index (χ3v) is 6.65. The lowest BCUT2D eigenvalue weighted by atomic mass is 10.0. The maximum atomic E-state index is 12.1. The monoisotopic (exact) mass is 663 g/mol. The fourth-order valence-electron chi connectivity index (χ4n) is 3.87. The lowest BCUT2D eigenvalue weighted by Gasteiger charge is -2.10. The molecule has 1 amide bonds. The number of benzene rings is 3. The number of carbonyl (C=O) groups excluding carboxylic acids is 1.